The molecule has 2 amide bonds. The van der Waals surface area contributed by atoms with Gasteiger partial charge >= 0.3 is 0 Å². The fourth-order valence-electron chi connectivity index (χ4n) is 4.82. The maximum absolute atomic E-state index is 13.8. The summed E-state index contributed by atoms with van der Waals surface area (Å²) in [7, 11) is 0. The van der Waals surface area contributed by atoms with Crippen LogP contribution in [0.3, 0.4) is 0 Å². The van der Waals surface area contributed by atoms with E-state index < -0.39 is 6.04 Å². The number of amides is 2. The van der Waals surface area contributed by atoms with E-state index in [2.05, 4.69) is 6.92 Å². The van der Waals surface area contributed by atoms with Crippen molar-refractivity contribution in [3.8, 4) is 5.75 Å². The lowest BCUT2D eigenvalue weighted by Gasteiger charge is -2.44. The Morgan fingerprint density at radius 3 is 2.33 bits per heavy atom. The van der Waals surface area contributed by atoms with Gasteiger partial charge in [-0.1, -0.05) is 68.5 Å². The SMILES string of the molecule is CCCCOc1ccc(C2C(=O)N(C3CCCCC3)CC(=O)N2Cc2ccc(Cl)cc2)cc1. The molecule has 1 heterocycles. The maximum atomic E-state index is 13.8. The molecule has 2 aliphatic rings. The highest BCUT2D eigenvalue weighted by Gasteiger charge is 2.42. The number of ether oxygens (including phenoxy) is 1. The van der Waals surface area contributed by atoms with Gasteiger partial charge in [-0.2, -0.15) is 0 Å². The first-order chi connectivity index (χ1) is 16.1. The lowest BCUT2D eigenvalue weighted by Crippen LogP contribution is -2.58. The molecule has 33 heavy (non-hydrogen) atoms. The molecule has 1 saturated heterocycles. The van der Waals surface area contributed by atoms with E-state index in [1.54, 1.807) is 4.90 Å². The lowest BCUT2D eigenvalue weighted by atomic mass is 9.91. The summed E-state index contributed by atoms with van der Waals surface area (Å²) < 4.78 is 5.80. The van der Waals surface area contributed by atoms with Crippen molar-refractivity contribution in [2.45, 2.75) is 70.5 Å². The number of hydrogen-bond acceptors (Lipinski definition) is 3. The number of hydrogen-bond donors (Lipinski definition) is 0. The van der Waals surface area contributed by atoms with Crippen LogP contribution in [0.4, 0.5) is 0 Å². The molecule has 1 aliphatic heterocycles. The molecule has 4 rings (SSSR count). The molecule has 5 nitrogen and oxygen atoms in total. The molecule has 1 aliphatic carbocycles. The van der Waals surface area contributed by atoms with E-state index >= 15 is 0 Å². The van der Waals surface area contributed by atoms with Crippen LogP contribution < -0.4 is 4.74 Å². The second-order valence-corrected chi connectivity index (χ2v) is 9.52. The van der Waals surface area contributed by atoms with E-state index in [1.165, 1.54) is 6.42 Å². The van der Waals surface area contributed by atoms with E-state index in [-0.39, 0.29) is 24.4 Å². The van der Waals surface area contributed by atoms with Crippen LogP contribution >= 0.6 is 11.6 Å². The van der Waals surface area contributed by atoms with Crippen molar-refractivity contribution in [2.24, 2.45) is 0 Å². The summed E-state index contributed by atoms with van der Waals surface area (Å²) in [6.45, 7) is 3.34. The smallest absolute Gasteiger partial charge is 0.250 e. The van der Waals surface area contributed by atoms with Gasteiger partial charge in [0.1, 0.15) is 18.3 Å². The quantitative estimate of drug-likeness (QED) is 0.462. The molecule has 6 heteroatoms. The molecule has 0 aromatic heterocycles. The zero-order valence-electron chi connectivity index (χ0n) is 19.3. The van der Waals surface area contributed by atoms with E-state index in [4.69, 9.17) is 16.3 Å². The molecule has 1 atom stereocenters. The van der Waals surface area contributed by atoms with Crippen molar-refractivity contribution >= 4 is 23.4 Å². The summed E-state index contributed by atoms with van der Waals surface area (Å²) in [6, 6.07) is 14.7. The molecule has 2 aromatic carbocycles. The zero-order valence-corrected chi connectivity index (χ0v) is 20.1. The second-order valence-electron chi connectivity index (χ2n) is 9.08. The lowest BCUT2D eigenvalue weighted by molar-refractivity contribution is -0.160. The number of piperazine rings is 1. The van der Waals surface area contributed by atoms with Gasteiger partial charge in [0.2, 0.25) is 5.91 Å². The van der Waals surface area contributed by atoms with Crippen molar-refractivity contribution in [1.82, 2.24) is 9.80 Å². The van der Waals surface area contributed by atoms with Gasteiger partial charge in [-0.25, -0.2) is 0 Å². The molecule has 0 bridgehead atoms. The topological polar surface area (TPSA) is 49.9 Å². The summed E-state index contributed by atoms with van der Waals surface area (Å²) >= 11 is 6.04. The van der Waals surface area contributed by atoms with Crippen LogP contribution in [-0.2, 0) is 16.1 Å². The fourth-order valence-corrected chi connectivity index (χ4v) is 4.95. The summed E-state index contributed by atoms with van der Waals surface area (Å²) in [5.74, 6) is 0.800. The van der Waals surface area contributed by atoms with E-state index in [1.807, 2.05) is 53.4 Å². The fraction of sp³-hybridized carbons (Fsp3) is 0.481. The minimum absolute atomic E-state index is 0.0107. The van der Waals surface area contributed by atoms with Crippen LogP contribution in [0.15, 0.2) is 48.5 Å². The number of carbonyl (C=O) groups excluding carboxylic acids is 2. The van der Waals surface area contributed by atoms with Crippen molar-refractivity contribution in [1.29, 1.82) is 0 Å². The Bertz CT molecular complexity index is 939. The van der Waals surface area contributed by atoms with Crippen LogP contribution in [0.2, 0.25) is 5.02 Å². The first kappa shape index (κ1) is 23.6. The molecule has 0 N–H and O–H groups in total. The number of halogens is 1. The summed E-state index contributed by atoms with van der Waals surface area (Å²) in [4.78, 5) is 30.7. The Balaban J connectivity index is 1.60. The largest absolute Gasteiger partial charge is 0.494 e. The van der Waals surface area contributed by atoms with Gasteiger partial charge < -0.3 is 14.5 Å². The number of benzene rings is 2. The number of carbonyl (C=O) groups is 2. The monoisotopic (exact) mass is 468 g/mol. The number of rotatable bonds is 8. The van der Waals surface area contributed by atoms with Gasteiger partial charge in [0.05, 0.1) is 6.61 Å². The molecule has 2 fully saturated rings. The first-order valence-corrected chi connectivity index (χ1v) is 12.5. The average Bonchev–Trinajstić information content (AvgIpc) is 2.84. The summed E-state index contributed by atoms with van der Waals surface area (Å²) in [5, 5.41) is 0.651. The van der Waals surface area contributed by atoms with Crippen LogP contribution in [0, 0.1) is 0 Å². The van der Waals surface area contributed by atoms with Crippen molar-refractivity contribution in [3.63, 3.8) is 0 Å². The summed E-state index contributed by atoms with van der Waals surface area (Å²) in [6.07, 6.45) is 7.48. The third-order valence-electron chi connectivity index (χ3n) is 6.70. The standard InChI is InChI=1S/C27H33ClN2O3/c1-2-3-17-33-24-15-11-21(12-16-24)26-27(32)29(23-7-5-4-6-8-23)19-25(31)30(26)18-20-9-13-22(28)14-10-20/h9-16,23,26H,2-8,17-19H2,1H3. The highest BCUT2D eigenvalue weighted by atomic mass is 35.5. The molecule has 2 aromatic rings. The Kier molecular flexibility index (Phi) is 7.92. The van der Waals surface area contributed by atoms with E-state index in [0.29, 0.717) is 18.2 Å². The van der Waals surface area contributed by atoms with Gasteiger partial charge in [0.15, 0.2) is 0 Å². The third kappa shape index (κ3) is 5.70. The maximum Gasteiger partial charge on any atom is 0.250 e. The minimum atomic E-state index is -0.631. The van der Waals surface area contributed by atoms with Crippen LogP contribution in [0.25, 0.3) is 0 Å². The van der Waals surface area contributed by atoms with Crippen LogP contribution in [0.1, 0.15) is 69.0 Å². The Morgan fingerprint density at radius 2 is 1.67 bits per heavy atom. The van der Waals surface area contributed by atoms with Gasteiger partial charge in [0, 0.05) is 17.6 Å². The zero-order chi connectivity index (χ0) is 23.2. The van der Waals surface area contributed by atoms with E-state index in [9.17, 15) is 9.59 Å². The molecule has 176 valence electrons. The molecule has 1 saturated carbocycles. The Morgan fingerprint density at radius 1 is 0.970 bits per heavy atom. The first-order valence-electron chi connectivity index (χ1n) is 12.1. The van der Waals surface area contributed by atoms with Gasteiger partial charge in [-0.15, -0.1) is 0 Å². The summed E-state index contributed by atoms with van der Waals surface area (Å²) in [5.41, 5.74) is 1.78. The normalized spacial score (nSPS) is 19.8. The Hall–Kier alpha value is -2.53. The molecular formula is C27H33ClN2O3. The van der Waals surface area contributed by atoms with Crippen molar-refractivity contribution in [3.05, 3.63) is 64.7 Å². The molecular weight excluding hydrogens is 436 g/mol. The van der Waals surface area contributed by atoms with Gasteiger partial charge in [-0.3, -0.25) is 9.59 Å². The van der Waals surface area contributed by atoms with Crippen molar-refractivity contribution in [2.75, 3.05) is 13.2 Å². The molecule has 0 spiro atoms. The highest BCUT2D eigenvalue weighted by molar-refractivity contribution is 6.30. The predicted molar refractivity (Wildman–Crippen MR) is 130 cm³/mol. The highest BCUT2D eigenvalue weighted by Crippen LogP contribution is 2.34. The Labute approximate surface area is 201 Å². The second kappa shape index (κ2) is 11.1. The van der Waals surface area contributed by atoms with E-state index in [0.717, 1.165) is 55.4 Å². The van der Waals surface area contributed by atoms with Crippen LogP contribution in [0.5, 0.6) is 5.75 Å². The molecule has 1 unspecified atom stereocenters. The van der Waals surface area contributed by atoms with Crippen LogP contribution in [-0.4, -0.2) is 40.8 Å². The van der Waals surface area contributed by atoms with Gasteiger partial charge in [-0.05, 0) is 54.7 Å². The average molecular weight is 469 g/mol. The predicted octanol–water partition coefficient (Wildman–Crippen LogP) is 5.76. The van der Waals surface area contributed by atoms with Gasteiger partial charge in [0.25, 0.3) is 5.91 Å². The minimum Gasteiger partial charge on any atom is -0.494 e. The molecule has 0 radical (unpaired) electrons. The number of nitrogens with zero attached hydrogens (tertiary/aromatic N) is 2. The number of unbranched alkanes of at least 4 members (excludes halogenated alkanes) is 1. The van der Waals surface area contributed by atoms with Crippen molar-refractivity contribution < 1.29 is 14.3 Å². The third-order valence-corrected chi connectivity index (χ3v) is 6.95.